The molecule has 0 aromatic heterocycles. The van der Waals surface area contributed by atoms with E-state index in [4.69, 9.17) is 26.1 Å². The topological polar surface area (TPSA) is 46.1 Å². The Kier molecular flexibility index (Phi) is 6.51. The van der Waals surface area contributed by atoms with Gasteiger partial charge >= 0.3 is 0 Å². The average Bonchev–Trinajstić information content (AvgIpc) is 3.16. The zero-order valence-corrected chi connectivity index (χ0v) is 15.3. The summed E-state index contributed by atoms with van der Waals surface area (Å²) in [4.78, 5) is 6.91. The molecule has 2 saturated heterocycles. The van der Waals surface area contributed by atoms with Gasteiger partial charge in [-0.05, 0) is 37.5 Å². The first-order valence-corrected chi connectivity index (χ1v) is 9.25. The maximum Gasteiger partial charge on any atom is 0.194 e. The van der Waals surface area contributed by atoms with Gasteiger partial charge in [0.1, 0.15) is 11.9 Å². The molecule has 2 heterocycles. The number of hydrogen-bond acceptors (Lipinski definition) is 3. The lowest BCUT2D eigenvalue weighted by molar-refractivity contribution is -0.0817. The number of aliphatic imine (C=N–C) groups is 1. The van der Waals surface area contributed by atoms with E-state index in [2.05, 4.69) is 10.2 Å². The van der Waals surface area contributed by atoms with Crippen molar-refractivity contribution in [3.05, 3.63) is 34.6 Å². The highest BCUT2D eigenvalue weighted by Crippen LogP contribution is 2.21. The molecule has 0 aliphatic carbocycles. The van der Waals surface area contributed by atoms with E-state index in [1.807, 2.05) is 6.92 Å². The third kappa shape index (κ3) is 4.84. The van der Waals surface area contributed by atoms with Crippen molar-refractivity contribution >= 4 is 17.6 Å². The molecule has 2 aliphatic rings. The van der Waals surface area contributed by atoms with Crippen LogP contribution in [0, 0.1) is 5.82 Å². The first-order valence-electron chi connectivity index (χ1n) is 8.87. The Bertz CT molecular complexity index is 608. The summed E-state index contributed by atoms with van der Waals surface area (Å²) in [5.41, 5.74) is 0.880. The predicted molar refractivity (Wildman–Crippen MR) is 96.5 cm³/mol. The predicted octanol–water partition coefficient (Wildman–Crippen LogP) is 2.82. The molecular weight excluding hydrogens is 345 g/mol. The van der Waals surface area contributed by atoms with Crippen molar-refractivity contribution in [2.75, 3.05) is 32.8 Å². The van der Waals surface area contributed by atoms with Gasteiger partial charge < -0.3 is 19.7 Å². The monoisotopic (exact) mass is 369 g/mol. The van der Waals surface area contributed by atoms with Gasteiger partial charge in [0.15, 0.2) is 5.96 Å². The minimum atomic E-state index is -0.408. The summed E-state index contributed by atoms with van der Waals surface area (Å²) in [6.07, 6.45) is 2.42. The summed E-state index contributed by atoms with van der Waals surface area (Å²) in [5, 5.41) is 3.46. The number of nitrogens with zero attached hydrogens (tertiary/aromatic N) is 2. The molecule has 0 amide bonds. The van der Waals surface area contributed by atoms with E-state index in [-0.39, 0.29) is 17.2 Å². The number of benzene rings is 1. The summed E-state index contributed by atoms with van der Waals surface area (Å²) in [6.45, 7) is 6.32. The van der Waals surface area contributed by atoms with Gasteiger partial charge in [0.2, 0.25) is 0 Å². The van der Waals surface area contributed by atoms with Crippen LogP contribution in [0.15, 0.2) is 23.2 Å². The van der Waals surface area contributed by atoms with E-state index in [1.165, 1.54) is 6.07 Å². The molecule has 5 nitrogen and oxygen atoms in total. The summed E-state index contributed by atoms with van der Waals surface area (Å²) in [6, 6.07) is 4.71. The number of rotatable bonds is 4. The number of morpholine rings is 1. The van der Waals surface area contributed by atoms with E-state index < -0.39 is 5.82 Å². The van der Waals surface area contributed by atoms with Gasteiger partial charge in [-0.15, -0.1) is 0 Å². The molecule has 1 aromatic rings. The lowest BCUT2D eigenvalue weighted by Gasteiger charge is -2.37. The summed E-state index contributed by atoms with van der Waals surface area (Å²) < 4.78 is 25.0. The smallest absolute Gasteiger partial charge is 0.194 e. The molecule has 0 radical (unpaired) electrons. The second-order valence-corrected chi connectivity index (χ2v) is 6.73. The average molecular weight is 370 g/mol. The Balaban J connectivity index is 1.67. The van der Waals surface area contributed by atoms with Gasteiger partial charge in [-0.1, -0.05) is 17.7 Å². The molecule has 7 heteroatoms. The Morgan fingerprint density at radius 1 is 1.36 bits per heavy atom. The molecule has 138 valence electrons. The number of hydrogen-bond donors (Lipinski definition) is 1. The maximum absolute atomic E-state index is 13.3. The minimum absolute atomic E-state index is 0.0837. The number of guanidine groups is 1. The van der Waals surface area contributed by atoms with Crippen LogP contribution in [0.2, 0.25) is 5.02 Å². The quantitative estimate of drug-likeness (QED) is 0.655. The van der Waals surface area contributed by atoms with Crippen molar-refractivity contribution in [2.24, 2.45) is 4.99 Å². The first-order chi connectivity index (χ1) is 12.2. The summed E-state index contributed by atoms with van der Waals surface area (Å²) >= 11 is 5.85. The maximum atomic E-state index is 13.3. The van der Waals surface area contributed by atoms with Crippen LogP contribution in [-0.4, -0.2) is 55.9 Å². The fraction of sp³-hybridized carbons (Fsp3) is 0.611. The van der Waals surface area contributed by atoms with Crippen LogP contribution in [0.1, 0.15) is 25.3 Å². The zero-order valence-electron chi connectivity index (χ0n) is 14.5. The molecule has 1 N–H and O–H groups in total. The van der Waals surface area contributed by atoms with Gasteiger partial charge in [-0.2, -0.15) is 0 Å². The normalized spacial score (nSPS) is 24.6. The second-order valence-electron chi connectivity index (χ2n) is 6.33. The third-order valence-corrected chi connectivity index (χ3v) is 4.79. The fourth-order valence-electron chi connectivity index (χ4n) is 3.22. The van der Waals surface area contributed by atoms with Crippen molar-refractivity contribution < 1.29 is 13.9 Å². The van der Waals surface area contributed by atoms with Gasteiger partial charge in [-0.25, -0.2) is 9.38 Å². The number of halogens is 2. The lowest BCUT2D eigenvalue weighted by Crippen LogP contribution is -2.53. The highest BCUT2D eigenvalue weighted by Gasteiger charge is 2.32. The van der Waals surface area contributed by atoms with E-state index >= 15 is 0 Å². The van der Waals surface area contributed by atoms with Crippen LogP contribution in [0.25, 0.3) is 0 Å². The van der Waals surface area contributed by atoms with Crippen molar-refractivity contribution in [1.82, 2.24) is 10.2 Å². The highest BCUT2D eigenvalue weighted by molar-refractivity contribution is 6.30. The van der Waals surface area contributed by atoms with Gasteiger partial charge in [-0.3, -0.25) is 0 Å². The lowest BCUT2D eigenvalue weighted by atomic mass is 10.1. The molecule has 0 bridgehead atoms. The van der Waals surface area contributed by atoms with Crippen LogP contribution < -0.4 is 5.32 Å². The standard InChI is InChI=1S/C18H25ClFN3O2/c1-2-21-18(22-11-13-5-6-15(20)14(19)10-13)23-7-9-25-17(12-23)16-4-3-8-24-16/h5-6,10,16-17H,2-4,7-9,11-12H2,1H3,(H,21,22). The van der Waals surface area contributed by atoms with E-state index in [9.17, 15) is 4.39 Å². The van der Waals surface area contributed by atoms with E-state index in [1.54, 1.807) is 12.1 Å². The van der Waals surface area contributed by atoms with Crippen molar-refractivity contribution in [1.29, 1.82) is 0 Å². The zero-order chi connectivity index (χ0) is 17.6. The molecular formula is C18H25ClFN3O2. The summed E-state index contributed by atoms with van der Waals surface area (Å²) in [5.74, 6) is 0.433. The van der Waals surface area contributed by atoms with Gasteiger partial charge in [0.25, 0.3) is 0 Å². The highest BCUT2D eigenvalue weighted by atomic mass is 35.5. The molecule has 0 saturated carbocycles. The first kappa shape index (κ1) is 18.4. The Morgan fingerprint density at radius 3 is 2.92 bits per heavy atom. The third-order valence-electron chi connectivity index (χ3n) is 4.50. The van der Waals surface area contributed by atoms with Crippen molar-refractivity contribution in [3.8, 4) is 0 Å². The second kappa shape index (κ2) is 8.83. The van der Waals surface area contributed by atoms with Crippen molar-refractivity contribution in [3.63, 3.8) is 0 Å². The largest absolute Gasteiger partial charge is 0.375 e. The number of nitrogens with one attached hydrogen (secondary N) is 1. The Morgan fingerprint density at radius 2 is 2.20 bits per heavy atom. The molecule has 2 aliphatic heterocycles. The van der Waals surface area contributed by atoms with Crippen LogP contribution in [-0.2, 0) is 16.0 Å². The van der Waals surface area contributed by atoms with Crippen LogP contribution in [0.3, 0.4) is 0 Å². The minimum Gasteiger partial charge on any atom is -0.375 e. The van der Waals surface area contributed by atoms with Gasteiger partial charge in [0.05, 0.1) is 24.3 Å². The molecule has 0 spiro atoms. The Labute approximate surface area is 153 Å². The van der Waals surface area contributed by atoms with Crippen molar-refractivity contribution in [2.45, 2.75) is 38.5 Å². The van der Waals surface area contributed by atoms with E-state index in [0.717, 1.165) is 50.6 Å². The Hall–Kier alpha value is -1.37. The van der Waals surface area contributed by atoms with Crippen LogP contribution in [0.4, 0.5) is 4.39 Å². The van der Waals surface area contributed by atoms with Crippen LogP contribution >= 0.6 is 11.6 Å². The molecule has 25 heavy (non-hydrogen) atoms. The molecule has 2 atom stereocenters. The molecule has 1 aromatic carbocycles. The summed E-state index contributed by atoms with van der Waals surface area (Å²) in [7, 11) is 0. The number of ether oxygens (including phenoxy) is 2. The van der Waals surface area contributed by atoms with Gasteiger partial charge in [0, 0.05) is 26.2 Å². The SMILES string of the molecule is CCNC(=NCc1ccc(F)c(Cl)c1)N1CCOC(C2CCCO2)C1. The van der Waals surface area contributed by atoms with Crippen LogP contribution in [0.5, 0.6) is 0 Å². The van der Waals surface area contributed by atoms with E-state index in [0.29, 0.717) is 13.2 Å². The molecule has 2 fully saturated rings. The molecule has 3 rings (SSSR count). The fourth-order valence-corrected chi connectivity index (χ4v) is 3.42. The molecule has 2 unspecified atom stereocenters.